The summed E-state index contributed by atoms with van der Waals surface area (Å²) >= 11 is 0. The Hall–Kier alpha value is -4.85. The van der Waals surface area contributed by atoms with Crippen molar-refractivity contribution in [3.05, 3.63) is 101 Å². The SMILES string of the molecule is Cc1ccc(NCc2c(OCC(=O)O)ccc3ccccc23)c(C(=O)Nc2ccc(C(=N)N)cc2)c1. The predicted octanol–water partition coefficient (Wildman–Crippen LogP) is 4.76. The molecule has 1 amide bonds. The van der Waals surface area contributed by atoms with Gasteiger partial charge in [-0.05, 0) is 60.2 Å². The number of carbonyl (C=O) groups excluding carboxylic acids is 1. The van der Waals surface area contributed by atoms with E-state index in [1.807, 2.05) is 49.4 Å². The first kappa shape index (κ1) is 24.3. The maximum atomic E-state index is 13.2. The summed E-state index contributed by atoms with van der Waals surface area (Å²) in [6.45, 7) is 1.77. The molecule has 4 rings (SSSR count). The minimum atomic E-state index is -1.06. The fraction of sp³-hybridized carbons (Fsp3) is 0.107. The van der Waals surface area contributed by atoms with E-state index in [2.05, 4.69) is 10.6 Å². The standard InChI is InChI=1S/C28H26N4O4/c1-17-6-12-24(22(14-17)28(35)32-20-10-7-19(8-11-20)27(29)30)31-15-23-21-5-3-2-4-18(21)9-13-25(23)36-16-26(33)34/h2-14,31H,15-16H2,1H3,(H3,29,30)(H,32,35)(H,33,34). The highest BCUT2D eigenvalue weighted by molar-refractivity contribution is 6.08. The average Bonchev–Trinajstić information content (AvgIpc) is 2.87. The van der Waals surface area contributed by atoms with Crippen LogP contribution >= 0.6 is 0 Å². The maximum Gasteiger partial charge on any atom is 0.341 e. The molecule has 0 aliphatic heterocycles. The van der Waals surface area contributed by atoms with E-state index in [1.165, 1.54) is 0 Å². The van der Waals surface area contributed by atoms with Gasteiger partial charge in [0.1, 0.15) is 11.6 Å². The molecule has 36 heavy (non-hydrogen) atoms. The van der Waals surface area contributed by atoms with E-state index < -0.39 is 12.6 Å². The van der Waals surface area contributed by atoms with Gasteiger partial charge in [-0.15, -0.1) is 0 Å². The van der Waals surface area contributed by atoms with Crippen molar-refractivity contribution in [1.82, 2.24) is 0 Å². The number of carboxylic acid groups (broad SMARTS) is 1. The summed E-state index contributed by atoms with van der Waals surface area (Å²) in [5.74, 6) is -0.932. The first-order chi connectivity index (χ1) is 17.3. The van der Waals surface area contributed by atoms with Crippen LogP contribution in [0.2, 0.25) is 0 Å². The first-order valence-electron chi connectivity index (χ1n) is 11.3. The van der Waals surface area contributed by atoms with Crippen LogP contribution in [0.15, 0.2) is 78.9 Å². The van der Waals surface area contributed by atoms with Crippen molar-refractivity contribution in [1.29, 1.82) is 5.41 Å². The van der Waals surface area contributed by atoms with Crippen molar-refractivity contribution in [3.63, 3.8) is 0 Å². The van der Waals surface area contributed by atoms with Crippen LogP contribution in [0.5, 0.6) is 5.75 Å². The number of nitrogens with two attached hydrogens (primary N) is 1. The van der Waals surface area contributed by atoms with Gasteiger partial charge in [0.25, 0.3) is 5.91 Å². The Kier molecular flexibility index (Phi) is 7.15. The highest BCUT2D eigenvalue weighted by Crippen LogP contribution is 2.30. The van der Waals surface area contributed by atoms with Gasteiger partial charge in [-0.3, -0.25) is 10.2 Å². The molecule has 0 aromatic heterocycles. The Morgan fingerprint density at radius 1 is 1.00 bits per heavy atom. The summed E-state index contributed by atoms with van der Waals surface area (Å²) in [5.41, 5.74) is 9.45. The van der Waals surface area contributed by atoms with Gasteiger partial charge in [0, 0.05) is 29.0 Å². The summed E-state index contributed by atoms with van der Waals surface area (Å²) in [4.78, 5) is 24.2. The number of benzene rings is 4. The number of hydrogen-bond donors (Lipinski definition) is 5. The number of aryl methyl sites for hydroxylation is 1. The number of fused-ring (bicyclic) bond motifs is 1. The summed E-state index contributed by atoms with van der Waals surface area (Å²) in [7, 11) is 0. The molecule has 0 saturated carbocycles. The minimum Gasteiger partial charge on any atom is -0.482 e. The largest absolute Gasteiger partial charge is 0.482 e. The lowest BCUT2D eigenvalue weighted by molar-refractivity contribution is -0.139. The number of carbonyl (C=O) groups is 2. The molecular formula is C28H26N4O4. The monoisotopic (exact) mass is 482 g/mol. The number of nitrogen functional groups attached to an aromatic ring is 1. The molecule has 4 aromatic carbocycles. The van der Waals surface area contributed by atoms with E-state index in [4.69, 9.17) is 21.0 Å². The normalized spacial score (nSPS) is 10.6. The summed E-state index contributed by atoms with van der Waals surface area (Å²) < 4.78 is 5.55. The molecule has 182 valence electrons. The summed E-state index contributed by atoms with van der Waals surface area (Å²) in [6.07, 6.45) is 0. The van der Waals surface area contributed by atoms with Crippen LogP contribution < -0.4 is 21.1 Å². The van der Waals surface area contributed by atoms with Gasteiger partial charge >= 0.3 is 5.97 Å². The van der Waals surface area contributed by atoms with E-state index in [1.54, 1.807) is 36.4 Å². The maximum absolute atomic E-state index is 13.2. The second kappa shape index (κ2) is 10.6. The smallest absolute Gasteiger partial charge is 0.341 e. The second-order valence-electron chi connectivity index (χ2n) is 8.29. The van der Waals surface area contributed by atoms with Crippen molar-refractivity contribution in [2.75, 3.05) is 17.2 Å². The number of amidine groups is 1. The lowest BCUT2D eigenvalue weighted by atomic mass is 10.0. The van der Waals surface area contributed by atoms with Gasteiger partial charge in [0.05, 0.1) is 5.56 Å². The molecule has 6 N–H and O–H groups in total. The highest BCUT2D eigenvalue weighted by atomic mass is 16.5. The zero-order valence-electron chi connectivity index (χ0n) is 19.7. The molecule has 0 saturated heterocycles. The molecule has 0 unspecified atom stereocenters. The molecule has 0 bridgehead atoms. The number of nitrogens with one attached hydrogen (secondary N) is 3. The van der Waals surface area contributed by atoms with E-state index in [0.29, 0.717) is 34.8 Å². The molecule has 8 heteroatoms. The number of amides is 1. The number of anilines is 2. The summed E-state index contributed by atoms with van der Waals surface area (Å²) in [5, 5.41) is 24.7. The molecule has 4 aromatic rings. The Morgan fingerprint density at radius 3 is 2.47 bits per heavy atom. The first-order valence-corrected chi connectivity index (χ1v) is 11.3. The molecular weight excluding hydrogens is 456 g/mol. The van der Waals surface area contributed by atoms with Crippen LogP contribution in [0.25, 0.3) is 10.8 Å². The van der Waals surface area contributed by atoms with Crippen LogP contribution in [-0.4, -0.2) is 29.4 Å². The third kappa shape index (κ3) is 5.61. The van der Waals surface area contributed by atoms with Gasteiger partial charge in [-0.25, -0.2) is 4.79 Å². The molecule has 8 nitrogen and oxygen atoms in total. The van der Waals surface area contributed by atoms with E-state index in [-0.39, 0.29) is 11.7 Å². The molecule has 0 heterocycles. The number of hydrogen-bond acceptors (Lipinski definition) is 5. The van der Waals surface area contributed by atoms with Crippen molar-refractivity contribution in [3.8, 4) is 5.75 Å². The predicted molar refractivity (Wildman–Crippen MR) is 141 cm³/mol. The van der Waals surface area contributed by atoms with Gasteiger partial charge in [-0.1, -0.05) is 42.0 Å². The molecule has 0 spiro atoms. The van der Waals surface area contributed by atoms with E-state index in [0.717, 1.165) is 21.9 Å². The molecule has 0 aliphatic carbocycles. The topological polar surface area (TPSA) is 138 Å². The summed E-state index contributed by atoms with van der Waals surface area (Å²) in [6, 6.07) is 23.7. The highest BCUT2D eigenvalue weighted by Gasteiger charge is 2.15. The van der Waals surface area contributed by atoms with Crippen molar-refractivity contribution in [2.24, 2.45) is 5.73 Å². The van der Waals surface area contributed by atoms with Crippen LogP contribution in [0, 0.1) is 12.3 Å². The van der Waals surface area contributed by atoms with Crippen molar-refractivity contribution < 1.29 is 19.4 Å². The average molecular weight is 483 g/mol. The number of ether oxygens (including phenoxy) is 1. The molecule has 0 atom stereocenters. The minimum absolute atomic E-state index is 0.0433. The van der Waals surface area contributed by atoms with Gasteiger partial charge in [0.15, 0.2) is 6.61 Å². The Morgan fingerprint density at radius 2 is 1.75 bits per heavy atom. The number of aliphatic carboxylic acids is 1. The fourth-order valence-electron chi connectivity index (χ4n) is 3.89. The quantitative estimate of drug-likeness (QED) is 0.172. The van der Waals surface area contributed by atoms with E-state index >= 15 is 0 Å². The van der Waals surface area contributed by atoms with Crippen LogP contribution in [0.1, 0.15) is 27.0 Å². The number of rotatable bonds is 9. The molecule has 0 fully saturated rings. The van der Waals surface area contributed by atoms with Gasteiger partial charge in [0.2, 0.25) is 0 Å². The Labute approximate surface area is 208 Å². The van der Waals surface area contributed by atoms with Crippen LogP contribution in [0.4, 0.5) is 11.4 Å². The zero-order valence-corrected chi connectivity index (χ0v) is 19.7. The third-order valence-electron chi connectivity index (χ3n) is 5.68. The lowest BCUT2D eigenvalue weighted by Gasteiger charge is -2.17. The third-order valence-corrected chi connectivity index (χ3v) is 5.68. The lowest BCUT2D eigenvalue weighted by Crippen LogP contribution is -2.16. The molecule has 0 radical (unpaired) electrons. The van der Waals surface area contributed by atoms with E-state index in [9.17, 15) is 9.59 Å². The Balaban J connectivity index is 1.60. The van der Waals surface area contributed by atoms with Crippen molar-refractivity contribution >= 4 is 39.9 Å². The zero-order chi connectivity index (χ0) is 25.7. The van der Waals surface area contributed by atoms with Crippen LogP contribution in [-0.2, 0) is 11.3 Å². The fourth-order valence-corrected chi connectivity index (χ4v) is 3.89. The molecule has 0 aliphatic rings. The van der Waals surface area contributed by atoms with Gasteiger partial charge in [-0.2, -0.15) is 0 Å². The van der Waals surface area contributed by atoms with Crippen molar-refractivity contribution in [2.45, 2.75) is 13.5 Å². The number of carboxylic acids is 1. The second-order valence-corrected chi connectivity index (χ2v) is 8.29. The Bertz CT molecular complexity index is 1450. The van der Waals surface area contributed by atoms with Gasteiger partial charge < -0.3 is 26.2 Å². The van der Waals surface area contributed by atoms with Crippen LogP contribution in [0.3, 0.4) is 0 Å².